The van der Waals surface area contributed by atoms with E-state index < -0.39 is 5.60 Å². The molecule has 1 saturated heterocycles. The minimum atomic E-state index is -0.428. The fourth-order valence-corrected chi connectivity index (χ4v) is 1.88. The van der Waals surface area contributed by atoms with Crippen LogP contribution >= 0.6 is 0 Å². The summed E-state index contributed by atoms with van der Waals surface area (Å²) in [7, 11) is 0. The van der Waals surface area contributed by atoms with Gasteiger partial charge in [0.1, 0.15) is 5.60 Å². The van der Waals surface area contributed by atoms with Crippen LogP contribution in [0.2, 0.25) is 0 Å². The molecule has 0 spiro atoms. The SMILES string of the molecule is CC(C)C[C@@H]1CN(C(=O)OC(C)(C)C)CCO1. The molecule has 0 aromatic heterocycles. The Hall–Kier alpha value is -0.770. The Morgan fingerprint density at radius 3 is 2.65 bits per heavy atom. The molecule has 0 aromatic carbocycles. The summed E-state index contributed by atoms with van der Waals surface area (Å²) in [6, 6.07) is 0. The van der Waals surface area contributed by atoms with Crippen LogP contribution < -0.4 is 0 Å². The number of carbonyl (C=O) groups excluding carboxylic acids is 1. The van der Waals surface area contributed by atoms with E-state index in [9.17, 15) is 4.79 Å². The summed E-state index contributed by atoms with van der Waals surface area (Å²) < 4.78 is 11.0. The minimum Gasteiger partial charge on any atom is -0.444 e. The Labute approximate surface area is 104 Å². The van der Waals surface area contributed by atoms with Crippen molar-refractivity contribution in [2.45, 2.75) is 52.7 Å². The second kappa shape index (κ2) is 5.71. The quantitative estimate of drug-likeness (QED) is 0.748. The number of ether oxygens (including phenoxy) is 2. The monoisotopic (exact) mass is 243 g/mol. The van der Waals surface area contributed by atoms with Crippen molar-refractivity contribution in [1.82, 2.24) is 4.90 Å². The lowest BCUT2D eigenvalue weighted by atomic mass is 10.0. The molecule has 0 bridgehead atoms. The van der Waals surface area contributed by atoms with E-state index in [1.54, 1.807) is 4.90 Å². The van der Waals surface area contributed by atoms with Crippen LogP contribution in [0.5, 0.6) is 0 Å². The molecule has 4 nitrogen and oxygen atoms in total. The third kappa shape index (κ3) is 5.39. The molecular weight excluding hydrogens is 218 g/mol. The van der Waals surface area contributed by atoms with Crippen LogP contribution in [0.4, 0.5) is 4.79 Å². The summed E-state index contributed by atoms with van der Waals surface area (Å²) in [6.45, 7) is 11.9. The molecule has 0 aromatic rings. The fourth-order valence-electron chi connectivity index (χ4n) is 1.88. The molecule has 1 amide bonds. The summed E-state index contributed by atoms with van der Waals surface area (Å²) >= 11 is 0. The molecule has 1 rings (SSSR count). The zero-order valence-corrected chi connectivity index (χ0v) is 11.7. The van der Waals surface area contributed by atoms with Gasteiger partial charge in [0.05, 0.1) is 19.3 Å². The molecule has 0 N–H and O–H groups in total. The van der Waals surface area contributed by atoms with E-state index in [0.29, 0.717) is 25.6 Å². The summed E-state index contributed by atoms with van der Waals surface area (Å²) in [5.41, 5.74) is -0.428. The molecule has 0 radical (unpaired) electrons. The first kappa shape index (κ1) is 14.3. The molecule has 100 valence electrons. The second-order valence-electron chi connectivity index (χ2n) is 6.05. The highest BCUT2D eigenvalue weighted by atomic mass is 16.6. The van der Waals surface area contributed by atoms with Crippen LogP contribution in [0, 0.1) is 5.92 Å². The second-order valence-corrected chi connectivity index (χ2v) is 6.05. The third-order valence-electron chi connectivity index (χ3n) is 2.52. The molecule has 0 unspecified atom stereocenters. The lowest BCUT2D eigenvalue weighted by molar-refractivity contribution is -0.0481. The van der Waals surface area contributed by atoms with Crippen LogP contribution in [0.3, 0.4) is 0 Å². The van der Waals surface area contributed by atoms with Crippen LogP contribution in [0.25, 0.3) is 0 Å². The third-order valence-corrected chi connectivity index (χ3v) is 2.52. The predicted octanol–water partition coefficient (Wildman–Crippen LogP) is 2.67. The Morgan fingerprint density at radius 2 is 2.12 bits per heavy atom. The topological polar surface area (TPSA) is 38.8 Å². The van der Waals surface area contributed by atoms with Gasteiger partial charge < -0.3 is 14.4 Å². The Bertz CT molecular complexity index is 258. The molecule has 1 aliphatic rings. The van der Waals surface area contributed by atoms with Crippen molar-refractivity contribution in [2.24, 2.45) is 5.92 Å². The van der Waals surface area contributed by atoms with Gasteiger partial charge in [-0.05, 0) is 33.1 Å². The molecule has 0 aliphatic carbocycles. The first-order valence-corrected chi connectivity index (χ1v) is 6.37. The van der Waals surface area contributed by atoms with Crippen LogP contribution in [-0.4, -0.2) is 42.4 Å². The first-order valence-electron chi connectivity index (χ1n) is 6.37. The van der Waals surface area contributed by atoms with E-state index in [1.165, 1.54) is 0 Å². The highest BCUT2D eigenvalue weighted by Crippen LogP contribution is 2.16. The largest absolute Gasteiger partial charge is 0.444 e. The average Bonchev–Trinajstić information content (AvgIpc) is 2.14. The van der Waals surface area contributed by atoms with E-state index >= 15 is 0 Å². The maximum Gasteiger partial charge on any atom is 0.410 e. The molecule has 1 aliphatic heterocycles. The van der Waals surface area contributed by atoms with Crippen LogP contribution in [0.15, 0.2) is 0 Å². The molecule has 1 atom stereocenters. The van der Waals surface area contributed by atoms with Crippen molar-refractivity contribution in [2.75, 3.05) is 19.7 Å². The summed E-state index contributed by atoms with van der Waals surface area (Å²) in [6.07, 6.45) is 0.907. The number of hydrogen-bond donors (Lipinski definition) is 0. The van der Waals surface area contributed by atoms with E-state index in [0.717, 1.165) is 6.42 Å². The van der Waals surface area contributed by atoms with E-state index in [4.69, 9.17) is 9.47 Å². The summed E-state index contributed by atoms with van der Waals surface area (Å²) in [5.74, 6) is 0.582. The van der Waals surface area contributed by atoms with E-state index in [1.807, 2.05) is 20.8 Å². The molecule has 1 heterocycles. The number of amides is 1. The lowest BCUT2D eigenvalue weighted by Crippen LogP contribution is -2.47. The van der Waals surface area contributed by atoms with E-state index in [-0.39, 0.29) is 12.2 Å². The van der Waals surface area contributed by atoms with Gasteiger partial charge in [0.25, 0.3) is 0 Å². The van der Waals surface area contributed by atoms with Gasteiger partial charge in [0, 0.05) is 6.54 Å². The Morgan fingerprint density at radius 1 is 1.47 bits per heavy atom. The Kier molecular flexibility index (Phi) is 4.80. The summed E-state index contributed by atoms with van der Waals surface area (Å²) in [5, 5.41) is 0. The predicted molar refractivity (Wildman–Crippen MR) is 67.0 cm³/mol. The van der Waals surface area contributed by atoms with Gasteiger partial charge in [-0.2, -0.15) is 0 Å². The van der Waals surface area contributed by atoms with E-state index in [2.05, 4.69) is 13.8 Å². The minimum absolute atomic E-state index is 0.149. The van der Waals surface area contributed by atoms with Crippen LogP contribution in [0.1, 0.15) is 41.0 Å². The van der Waals surface area contributed by atoms with Crippen molar-refractivity contribution in [1.29, 1.82) is 0 Å². The first-order chi connectivity index (χ1) is 7.78. The number of hydrogen-bond acceptors (Lipinski definition) is 3. The van der Waals surface area contributed by atoms with Gasteiger partial charge in [-0.15, -0.1) is 0 Å². The number of morpholine rings is 1. The molecule has 4 heteroatoms. The van der Waals surface area contributed by atoms with Gasteiger partial charge >= 0.3 is 6.09 Å². The molecule has 17 heavy (non-hydrogen) atoms. The highest BCUT2D eigenvalue weighted by molar-refractivity contribution is 5.68. The van der Waals surface area contributed by atoms with Gasteiger partial charge in [-0.3, -0.25) is 0 Å². The van der Waals surface area contributed by atoms with Crippen molar-refractivity contribution >= 4 is 6.09 Å². The van der Waals surface area contributed by atoms with Crippen molar-refractivity contribution in [3.05, 3.63) is 0 Å². The summed E-state index contributed by atoms with van der Waals surface area (Å²) in [4.78, 5) is 13.6. The average molecular weight is 243 g/mol. The molecule has 0 saturated carbocycles. The van der Waals surface area contributed by atoms with Crippen molar-refractivity contribution < 1.29 is 14.3 Å². The highest BCUT2D eigenvalue weighted by Gasteiger charge is 2.28. The lowest BCUT2D eigenvalue weighted by Gasteiger charge is -2.34. The zero-order valence-electron chi connectivity index (χ0n) is 11.7. The zero-order chi connectivity index (χ0) is 13.1. The van der Waals surface area contributed by atoms with Gasteiger partial charge in [-0.1, -0.05) is 13.8 Å². The standard InChI is InChI=1S/C13H25NO3/c1-10(2)8-11-9-14(6-7-16-11)12(15)17-13(3,4)5/h10-11H,6-9H2,1-5H3/t11-/m1/s1. The molecular formula is C13H25NO3. The van der Waals surface area contributed by atoms with Gasteiger partial charge in [0.15, 0.2) is 0 Å². The maximum absolute atomic E-state index is 11.9. The number of nitrogens with zero attached hydrogens (tertiary/aromatic N) is 1. The molecule has 1 fully saturated rings. The van der Waals surface area contributed by atoms with Crippen molar-refractivity contribution in [3.8, 4) is 0 Å². The van der Waals surface area contributed by atoms with Gasteiger partial charge in [-0.25, -0.2) is 4.79 Å². The maximum atomic E-state index is 11.9. The number of rotatable bonds is 2. The fraction of sp³-hybridized carbons (Fsp3) is 0.923. The van der Waals surface area contributed by atoms with Gasteiger partial charge in [0.2, 0.25) is 0 Å². The Balaban J connectivity index is 2.46. The van der Waals surface area contributed by atoms with Crippen LogP contribution in [-0.2, 0) is 9.47 Å². The smallest absolute Gasteiger partial charge is 0.410 e. The normalized spacial score (nSPS) is 21.8. The van der Waals surface area contributed by atoms with Crippen molar-refractivity contribution in [3.63, 3.8) is 0 Å². The number of carbonyl (C=O) groups is 1.